The van der Waals surface area contributed by atoms with Crippen LogP contribution in [0.15, 0.2) is 38.2 Å². The number of benzene rings is 1. The highest BCUT2D eigenvalue weighted by molar-refractivity contribution is 9.10. The molecule has 1 aliphatic rings. The Kier molecular flexibility index (Phi) is 4.40. The minimum absolute atomic E-state index is 0.0241. The number of aromatic nitrogens is 2. The Hall–Kier alpha value is -0.890. The van der Waals surface area contributed by atoms with E-state index in [1.54, 1.807) is 11.8 Å². The molecule has 106 valence electrons. The van der Waals surface area contributed by atoms with Crippen molar-refractivity contribution in [2.45, 2.75) is 29.2 Å². The Bertz CT molecular complexity index is 575. The van der Waals surface area contributed by atoms with Crippen LogP contribution in [0.1, 0.15) is 24.2 Å². The highest BCUT2D eigenvalue weighted by Crippen LogP contribution is 2.25. The van der Waals surface area contributed by atoms with Gasteiger partial charge in [0.1, 0.15) is 0 Å². The number of hydrogen-bond acceptors (Lipinski definition) is 6. The third-order valence-corrected chi connectivity index (χ3v) is 4.61. The molecule has 0 bridgehead atoms. The van der Waals surface area contributed by atoms with E-state index in [0.717, 1.165) is 9.37 Å². The van der Waals surface area contributed by atoms with E-state index >= 15 is 0 Å². The van der Waals surface area contributed by atoms with Crippen molar-refractivity contribution >= 4 is 27.7 Å². The molecule has 3 rings (SSSR count). The summed E-state index contributed by atoms with van der Waals surface area (Å²) in [5.41, 5.74) is 0. The quantitative estimate of drug-likeness (QED) is 0.821. The number of aliphatic hydroxyl groups is 1. The van der Waals surface area contributed by atoms with Crippen LogP contribution in [-0.4, -0.2) is 27.9 Å². The Morgan fingerprint density at radius 1 is 1.40 bits per heavy atom. The molecule has 0 amide bonds. The van der Waals surface area contributed by atoms with Crippen molar-refractivity contribution in [3.05, 3.63) is 40.5 Å². The van der Waals surface area contributed by atoms with Crippen LogP contribution in [0.3, 0.4) is 0 Å². The van der Waals surface area contributed by atoms with E-state index in [2.05, 4.69) is 31.4 Å². The second-order valence-corrected chi connectivity index (χ2v) is 6.61. The van der Waals surface area contributed by atoms with Gasteiger partial charge < -0.3 is 14.9 Å². The Balaban J connectivity index is 1.58. The molecule has 5 nitrogen and oxygen atoms in total. The van der Waals surface area contributed by atoms with E-state index in [9.17, 15) is 5.11 Å². The number of hydrogen-bond donors (Lipinski definition) is 2. The molecule has 7 heteroatoms. The highest BCUT2D eigenvalue weighted by Gasteiger charge is 2.27. The normalized spacial score (nSPS) is 22.3. The topological polar surface area (TPSA) is 71.2 Å². The number of nitrogens with zero attached hydrogens (tertiary/aromatic N) is 2. The van der Waals surface area contributed by atoms with Gasteiger partial charge in [-0.2, -0.15) is 4.98 Å². The Labute approximate surface area is 129 Å². The van der Waals surface area contributed by atoms with Gasteiger partial charge in [-0.05, 0) is 30.7 Å². The van der Waals surface area contributed by atoms with E-state index in [4.69, 9.17) is 4.52 Å². The first kappa shape index (κ1) is 14.1. The summed E-state index contributed by atoms with van der Waals surface area (Å²) in [6, 6.07) is 8.08. The molecule has 0 spiro atoms. The molecule has 2 heterocycles. The second kappa shape index (κ2) is 6.26. The van der Waals surface area contributed by atoms with Gasteiger partial charge in [0.05, 0.1) is 17.9 Å². The monoisotopic (exact) mass is 355 g/mol. The van der Waals surface area contributed by atoms with E-state index in [1.807, 2.05) is 24.3 Å². The van der Waals surface area contributed by atoms with Gasteiger partial charge in [0.25, 0.3) is 0 Å². The maximum absolute atomic E-state index is 9.48. The van der Waals surface area contributed by atoms with E-state index in [0.29, 0.717) is 30.4 Å². The lowest BCUT2D eigenvalue weighted by Crippen LogP contribution is -2.15. The summed E-state index contributed by atoms with van der Waals surface area (Å²) in [7, 11) is 0. The number of thioether (sulfide) groups is 1. The third-order valence-electron chi connectivity index (χ3n) is 3.07. The molecule has 2 aromatic rings. The maximum Gasteiger partial charge on any atom is 0.243 e. The number of nitrogens with one attached hydrogen (secondary N) is 1. The van der Waals surface area contributed by atoms with Gasteiger partial charge in [0.15, 0.2) is 5.82 Å². The largest absolute Gasteiger partial charge is 0.392 e. The lowest BCUT2D eigenvalue weighted by atomic mass is 10.2. The SMILES string of the molecule is O[C@@H]1CN[C@H](c2nc(CSc3ccc(Br)cc3)no2)C1. The smallest absolute Gasteiger partial charge is 0.243 e. The molecule has 1 saturated heterocycles. The van der Waals surface area contributed by atoms with Crippen molar-refractivity contribution in [1.29, 1.82) is 0 Å². The van der Waals surface area contributed by atoms with Crippen molar-refractivity contribution in [2.24, 2.45) is 0 Å². The average molecular weight is 356 g/mol. The summed E-state index contributed by atoms with van der Waals surface area (Å²) in [6.07, 6.45) is 0.300. The molecule has 1 fully saturated rings. The van der Waals surface area contributed by atoms with Crippen LogP contribution in [0, 0.1) is 0 Å². The summed E-state index contributed by atoms with van der Waals surface area (Å²) < 4.78 is 6.31. The zero-order valence-corrected chi connectivity index (χ0v) is 13.0. The van der Waals surface area contributed by atoms with Gasteiger partial charge in [-0.25, -0.2) is 0 Å². The molecule has 0 unspecified atom stereocenters. The van der Waals surface area contributed by atoms with Gasteiger partial charge in [0, 0.05) is 15.9 Å². The molecule has 0 saturated carbocycles. The van der Waals surface area contributed by atoms with Crippen molar-refractivity contribution in [3.8, 4) is 0 Å². The molecule has 0 aliphatic carbocycles. The van der Waals surface area contributed by atoms with Crippen LogP contribution in [0.4, 0.5) is 0 Å². The molecule has 2 N–H and O–H groups in total. The summed E-state index contributed by atoms with van der Waals surface area (Å²) in [5.74, 6) is 1.91. The third kappa shape index (κ3) is 3.41. The number of aliphatic hydroxyl groups excluding tert-OH is 1. The first-order valence-corrected chi connectivity index (χ1v) is 8.11. The molecule has 1 aromatic heterocycles. The fraction of sp³-hybridized carbons (Fsp3) is 0.385. The number of halogens is 1. The average Bonchev–Trinajstić information content (AvgIpc) is 3.07. The predicted octanol–water partition coefficient (Wildman–Crippen LogP) is 2.52. The Morgan fingerprint density at radius 3 is 2.90 bits per heavy atom. The standard InChI is InChI=1S/C13H14BrN3O2S/c14-8-1-3-10(4-2-8)20-7-12-16-13(19-17-12)11-5-9(18)6-15-11/h1-4,9,11,15,18H,5-7H2/t9-,11-/m0/s1. The summed E-state index contributed by atoms with van der Waals surface area (Å²) in [6.45, 7) is 0.579. The number of β-amino-alcohol motifs (C(OH)–C–C–N with tert-alkyl or cyclic N) is 1. The first-order valence-electron chi connectivity index (χ1n) is 6.33. The number of rotatable bonds is 4. The molecule has 1 aromatic carbocycles. The fourth-order valence-electron chi connectivity index (χ4n) is 2.05. The Morgan fingerprint density at radius 2 is 2.20 bits per heavy atom. The minimum atomic E-state index is -0.326. The minimum Gasteiger partial charge on any atom is -0.392 e. The molecule has 2 atom stereocenters. The lowest BCUT2D eigenvalue weighted by molar-refractivity contribution is 0.191. The van der Waals surface area contributed by atoms with Crippen LogP contribution in [0.25, 0.3) is 0 Å². The van der Waals surface area contributed by atoms with E-state index in [-0.39, 0.29) is 12.1 Å². The maximum atomic E-state index is 9.48. The highest BCUT2D eigenvalue weighted by atomic mass is 79.9. The van der Waals surface area contributed by atoms with E-state index < -0.39 is 0 Å². The summed E-state index contributed by atoms with van der Waals surface area (Å²) in [5, 5.41) is 16.6. The van der Waals surface area contributed by atoms with Crippen molar-refractivity contribution in [3.63, 3.8) is 0 Å². The predicted molar refractivity (Wildman–Crippen MR) is 79.4 cm³/mol. The fourth-order valence-corrected chi connectivity index (χ4v) is 3.06. The van der Waals surface area contributed by atoms with Crippen LogP contribution >= 0.6 is 27.7 Å². The van der Waals surface area contributed by atoms with Gasteiger partial charge in [0.2, 0.25) is 5.89 Å². The van der Waals surface area contributed by atoms with Gasteiger partial charge in [-0.1, -0.05) is 21.1 Å². The van der Waals surface area contributed by atoms with Crippen LogP contribution in [0.5, 0.6) is 0 Å². The molecule has 20 heavy (non-hydrogen) atoms. The van der Waals surface area contributed by atoms with Crippen LogP contribution in [-0.2, 0) is 5.75 Å². The first-order chi connectivity index (χ1) is 9.70. The van der Waals surface area contributed by atoms with Gasteiger partial charge in [-0.3, -0.25) is 0 Å². The van der Waals surface area contributed by atoms with Crippen molar-refractivity contribution in [2.75, 3.05) is 6.54 Å². The molecule has 1 aliphatic heterocycles. The van der Waals surface area contributed by atoms with Gasteiger partial charge in [-0.15, -0.1) is 11.8 Å². The molecule has 0 radical (unpaired) electrons. The zero-order valence-electron chi connectivity index (χ0n) is 10.6. The molecular formula is C13H14BrN3O2S. The zero-order chi connectivity index (χ0) is 13.9. The second-order valence-electron chi connectivity index (χ2n) is 4.64. The van der Waals surface area contributed by atoms with Crippen molar-refractivity contribution < 1.29 is 9.63 Å². The van der Waals surface area contributed by atoms with Crippen LogP contribution in [0.2, 0.25) is 0 Å². The molecular weight excluding hydrogens is 342 g/mol. The lowest BCUT2D eigenvalue weighted by Gasteiger charge is -2.01. The van der Waals surface area contributed by atoms with E-state index in [1.165, 1.54) is 0 Å². The summed E-state index contributed by atoms with van der Waals surface area (Å²) >= 11 is 5.07. The van der Waals surface area contributed by atoms with Gasteiger partial charge >= 0.3 is 0 Å². The van der Waals surface area contributed by atoms with Crippen LogP contribution < -0.4 is 5.32 Å². The van der Waals surface area contributed by atoms with Crippen molar-refractivity contribution in [1.82, 2.24) is 15.5 Å². The summed E-state index contributed by atoms with van der Waals surface area (Å²) in [4.78, 5) is 5.54.